The van der Waals surface area contributed by atoms with Crippen molar-refractivity contribution < 1.29 is 4.74 Å². The number of halogens is 1. The van der Waals surface area contributed by atoms with Crippen LogP contribution in [0.2, 0.25) is 0 Å². The number of aliphatic imine (C=N–C) groups is 1. The number of benzene rings is 2. The van der Waals surface area contributed by atoms with Crippen LogP contribution < -0.4 is 11.1 Å². The number of hydrogen-bond donors (Lipinski definition) is 2. The first-order valence-electron chi connectivity index (χ1n) is 6.58. The molecule has 112 valence electrons. The molecule has 0 aliphatic heterocycles. The number of para-hydroxylation sites is 1. The fraction of sp³-hybridized carbons (Fsp3) is 0.188. The summed E-state index contributed by atoms with van der Waals surface area (Å²) in [6.45, 7) is 1.69. The van der Waals surface area contributed by atoms with E-state index in [9.17, 15) is 0 Å². The van der Waals surface area contributed by atoms with Gasteiger partial charge < -0.3 is 15.8 Å². The normalized spacial score (nSPS) is 10.8. The molecule has 0 heterocycles. The molecule has 0 spiro atoms. The molecule has 0 atom stereocenters. The lowest BCUT2D eigenvalue weighted by molar-refractivity contribution is 0.128. The summed E-state index contributed by atoms with van der Waals surface area (Å²) in [5, 5.41) is 3.02. The zero-order valence-electron chi connectivity index (χ0n) is 11.7. The number of hydrogen-bond acceptors (Lipinski definition) is 2. The summed E-state index contributed by atoms with van der Waals surface area (Å²) in [7, 11) is 0. The van der Waals surface area contributed by atoms with E-state index in [1.165, 1.54) is 0 Å². The highest BCUT2D eigenvalue weighted by molar-refractivity contribution is 14.0. The van der Waals surface area contributed by atoms with E-state index in [0.29, 0.717) is 25.7 Å². The molecule has 0 saturated heterocycles. The second-order valence-electron chi connectivity index (χ2n) is 4.30. The molecule has 2 rings (SSSR count). The van der Waals surface area contributed by atoms with Crippen molar-refractivity contribution in [2.45, 2.75) is 6.61 Å². The van der Waals surface area contributed by atoms with Gasteiger partial charge in [-0.15, -0.1) is 24.0 Å². The van der Waals surface area contributed by atoms with Gasteiger partial charge in [0, 0.05) is 5.69 Å². The van der Waals surface area contributed by atoms with Crippen molar-refractivity contribution in [3.8, 4) is 0 Å². The van der Waals surface area contributed by atoms with Crippen LogP contribution in [0, 0.1) is 0 Å². The number of nitrogens with one attached hydrogen (secondary N) is 1. The summed E-state index contributed by atoms with van der Waals surface area (Å²) < 4.78 is 5.53. The maximum Gasteiger partial charge on any atom is 0.193 e. The summed E-state index contributed by atoms with van der Waals surface area (Å²) in [4.78, 5) is 4.21. The van der Waals surface area contributed by atoms with Gasteiger partial charge in [0.15, 0.2) is 5.96 Å². The highest BCUT2D eigenvalue weighted by Gasteiger charge is 1.94. The van der Waals surface area contributed by atoms with Gasteiger partial charge in [-0.25, -0.2) is 0 Å². The van der Waals surface area contributed by atoms with E-state index in [-0.39, 0.29) is 24.0 Å². The predicted molar refractivity (Wildman–Crippen MR) is 98.1 cm³/mol. The van der Waals surface area contributed by atoms with E-state index in [4.69, 9.17) is 10.5 Å². The van der Waals surface area contributed by atoms with Crippen molar-refractivity contribution in [3.63, 3.8) is 0 Å². The first-order chi connectivity index (χ1) is 9.84. The van der Waals surface area contributed by atoms with E-state index < -0.39 is 0 Å². The first-order valence-corrected chi connectivity index (χ1v) is 6.58. The van der Waals surface area contributed by atoms with Crippen molar-refractivity contribution in [2.24, 2.45) is 10.7 Å². The zero-order valence-corrected chi connectivity index (χ0v) is 14.1. The second kappa shape index (κ2) is 10.2. The maximum atomic E-state index is 5.78. The van der Waals surface area contributed by atoms with E-state index in [0.717, 1.165) is 11.3 Å². The molecule has 0 aromatic heterocycles. The Bertz CT molecular complexity index is 532. The molecule has 0 aliphatic rings. The first kappa shape index (κ1) is 17.5. The molecule has 0 unspecified atom stereocenters. The van der Waals surface area contributed by atoms with Crippen molar-refractivity contribution in [3.05, 3.63) is 66.2 Å². The predicted octanol–water partition coefficient (Wildman–Crippen LogP) is 3.25. The molecule has 0 bridgehead atoms. The van der Waals surface area contributed by atoms with Crippen LogP contribution in [-0.4, -0.2) is 19.1 Å². The quantitative estimate of drug-likeness (QED) is 0.341. The number of rotatable bonds is 6. The topological polar surface area (TPSA) is 59.6 Å². The van der Waals surface area contributed by atoms with Crippen LogP contribution in [0.1, 0.15) is 5.56 Å². The van der Waals surface area contributed by atoms with Crippen LogP contribution in [0.5, 0.6) is 0 Å². The van der Waals surface area contributed by atoms with Gasteiger partial charge in [0.1, 0.15) is 0 Å². The number of guanidine groups is 1. The van der Waals surface area contributed by atoms with Crippen molar-refractivity contribution in [2.75, 3.05) is 18.5 Å². The maximum absolute atomic E-state index is 5.78. The van der Waals surface area contributed by atoms with Gasteiger partial charge in [-0.05, 0) is 17.7 Å². The molecule has 0 amide bonds. The van der Waals surface area contributed by atoms with Crippen LogP contribution in [0.4, 0.5) is 5.69 Å². The average molecular weight is 397 g/mol. The minimum atomic E-state index is 0. The Morgan fingerprint density at radius 3 is 2.29 bits per heavy atom. The van der Waals surface area contributed by atoms with Gasteiger partial charge in [-0.3, -0.25) is 4.99 Å². The Kier molecular flexibility index (Phi) is 8.45. The Morgan fingerprint density at radius 2 is 1.62 bits per heavy atom. The fourth-order valence-corrected chi connectivity index (χ4v) is 1.70. The van der Waals surface area contributed by atoms with Crippen molar-refractivity contribution in [1.82, 2.24) is 0 Å². The van der Waals surface area contributed by atoms with Crippen LogP contribution in [0.15, 0.2) is 65.7 Å². The van der Waals surface area contributed by atoms with Crippen LogP contribution in [-0.2, 0) is 11.3 Å². The number of anilines is 1. The van der Waals surface area contributed by atoms with Crippen molar-refractivity contribution >= 4 is 35.6 Å². The molecular formula is C16H20IN3O. The van der Waals surface area contributed by atoms with Gasteiger partial charge >= 0.3 is 0 Å². The lowest BCUT2D eigenvalue weighted by atomic mass is 10.2. The Labute approximate surface area is 142 Å². The van der Waals surface area contributed by atoms with E-state index in [1.807, 2.05) is 60.7 Å². The standard InChI is InChI=1S/C16H19N3O.HI/c17-16(19-15-9-5-2-6-10-15)18-11-12-20-13-14-7-3-1-4-8-14;/h1-10H,11-13H2,(H3,17,18,19);1H. The summed E-state index contributed by atoms with van der Waals surface area (Å²) in [6.07, 6.45) is 0. The van der Waals surface area contributed by atoms with Crippen molar-refractivity contribution in [1.29, 1.82) is 0 Å². The fourth-order valence-electron chi connectivity index (χ4n) is 1.70. The lowest BCUT2D eigenvalue weighted by Crippen LogP contribution is -2.23. The molecule has 0 fully saturated rings. The van der Waals surface area contributed by atoms with E-state index in [2.05, 4.69) is 10.3 Å². The molecule has 21 heavy (non-hydrogen) atoms. The number of nitrogens with two attached hydrogens (primary N) is 1. The molecular weight excluding hydrogens is 377 g/mol. The zero-order chi connectivity index (χ0) is 14.0. The average Bonchev–Trinajstić information content (AvgIpc) is 2.49. The summed E-state index contributed by atoms with van der Waals surface area (Å²) in [6, 6.07) is 19.8. The molecule has 0 radical (unpaired) electrons. The Hall–Kier alpha value is -1.60. The van der Waals surface area contributed by atoms with Crippen LogP contribution in [0.3, 0.4) is 0 Å². The van der Waals surface area contributed by atoms with E-state index >= 15 is 0 Å². The smallest absolute Gasteiger partial charge is 0.193 e. The summed E-state index contributed by atoms with van der Waals surface area (Å²) in [5.41, 5.74) is 7.87. The van der Waals surface area contributed by atoms with Gasteiger partial charge in [0.05, 0.1) is 19.8 Å². The lowest BCUT2D eigenvalue weighted by Gasteiger charge is -2.05. The summed E-state index contributed by atoms with van der Waals surface area (Å²) >= 11 is 0. The molecule has 2 aromatic rings. The van der Waals surface area contributed by atoms with Gasteiger partial charge in [-0.1, -0.05) is 48.5 Å². The highest BCUT2D eigenvalue weighted by Crippen LogP contribution is 2.04. The molecule has 5 heteroatoms. The largest absolute Gasteiger partial charge is 0.375 e. The molecule has 3 N–H and O–H groups in total. The Balaban J connectivity index is 0.00000220. The molecule has 0 saturated carbocycles. The third-order valence-electron chi connectivity index (χ3n) is 2.68. The number of ether oxygens (including phenoxy) is 1. The SMILES string of the molecule is I.NC(=NCCOCc1ccccc1)Nc1ccccc1. The molecule has 2 aromatic carbocycles. The molecule has 0 aliphatic carbocycles. The third-order valence-corrected chi connectivity index (χ3v) is 2.68. The third kappa shape index (κ3) is 7.10. The Morgan fingerprint density at radius 1 is 1.00 bits per heavy atom. The second-order valence-corrected chi connectivity index (χ2v) is 4.30. The minimum Gasteiger partial charge on any atom is -0.375 e. The van der Waals surface area contributed by atoms with Crippen LogP contribution in [0.25, 0.3) is 0 Å². The van der Waals surface area contributed by atoms with Gasteiger partial charge in [-0.2, -0.15) is 0 Å². The van der Waals surface area contributed by atoms with E-state index in [1.54, 1.807) is 0 Å². The minimum absolute atomic E-state index is 0. The number of nitrogens with zero attached hydrogens (tertiary/aromatic N) is 1. The summed E-state index contributed by atoms with van der Waals surface area (Å²) in [5.74, 6) is 0.402. The monoisotopic (exact) mass is 397 g/mol. The van der Waals surface area contributed by atoms with Crippen LogP contribution >= 0.6 is 24.0 Å². The van der Waals surface area contributed by atoms with Gasteiger partial charge in [0.25, 0.3) is 0 Å². The van der Waals surface area contributed by atoms with Gasteiger partial charge in [0.2, 0.25) is 0 Å². The highest BCUT2D eigenvalue weighted by atomic mass is 127. The molecule has 4 nitrogen and oxygen atoms in total.